The highest BCUT2D eigenvalue weighted by molar-refractivity contribution is 5.86. The number of nitrogens with two attached hydrogens (primary N) is 1. The van der Waals surface area contributed by atoms with Crippen LogP contribution in [-0.4, -0.2) is 39.6 Å². The average molecular weight is 383 g/mol. The van der Waals surface area contributed by atoms with E-state index in [4.69, 9.17) is 5.73 Å². The third-order valence-corrected chi connectivity index (χ3v) is 5.38. The zero-order valence-electron chi connectivity index (χ0n) is 16.7. The van der Waals surface area contributed by atoms with Crippen LogP contribution in [0.15, 0.2) is 42.6 Å². The van der Waals surface area contributed by atoms with Crippen LogP contribution in [0.2, 0.25) is 0 Å². The molecule has 1 atom stereocenters. The molecule has 1 aliphatic heterocycles. The number of pyridine rings is 1. The van der Waals surface area contributed by atoms with Crippen molar-refractivity contribution in [3.8, 4) is 0 Å². The summed E-state index contributed by atoms with van der Waals surface area (Å²) in [6.45, 7) is 6.18. The minimum absolute atomic E-state index is 0.197. The van der Waals surface area contributed by atoms with Gasteiger partial charge in [-0.25, -0.2) is 4.98 Å². The Labute approximate surface area is 166 Å². The Morgan fingerprint density at radius 2 is 2.04 bits per heavy atom. The highest BCUT2D eigenvalue weighted by atomic mass is 16.3. The topological polar surface area (TPSA) is 91.5 Å². The zero-order chi connectivity index (χ0) is 20.1. The first-order valence-electron chi connectivity index (χ1n) is 9.90. The number of carbonyl (C=O) groups is 1. The van der Waals surface area contributed by atoms with Crippen LogP contribution in [0.3, 0.4) is 0 Å². The normalized spacial score (nSPS) is 20.0. The van der Waals surface area contributed by atoms with E-state index in [-0.39, 0.29) is 12.5 Å². The number of hydrogen-bond acceptors (Lipinski definition) is 5. The number of likely N-dealkylation sites (tertiary alicyclic amines) is 1. The summed E-state index contributed by atoms with van der Waals surface area (Å²) in [6, 6.07) is 12.1. The smallest absolute Gasteiger partial charge is 0.256 e. The monoisotopic (exact) mass is 382 g/mol. The van der Waals surface area contributed by atoms with Crippen molar-refractivity contribution in [1.29, 1.82) is 0 Å². The Morgan fingerprint density at radius 1 is 1.29 bits per heavy atom. The molecule has 6 nitrogen and oxygen atoms in total. The van der Waals surface area contributed by atoms with E-state index in [1.807, 2.05) is 12.1 Å². The van der Waals surface area contributed by atoms with E-state index in [2.05, 4.69) is 48.4 Å². The van der Waals surface area contributed by atoms with E-state index >= 15 is 0 Å². The number of nitrogens with one attached hydrogen (secondary N) is 1. The molecule has 1 aromatic heterocycles. The molecule has 4 N–H and O–H groups in total. The van der Waals surface area contributed by atoms with Gasteiger partial charge in [-0.15, -0.1) is 0 Å². The van der Waals surface area contributed by atoms with Gasteiger partial charge in [0.1, 0.15) is 5.82 Å². The minimum atomic E-state index is -1.38. The van der Waals surface area contributed by atoms with Gasteiger partial charge in [0.05, 0.1) is 0 Å². The highest BCUT2D eigenvalue weighted by Gasteiger charge is 2.41. The number of amides is 1. The molecule has 0 aliphatic carbocycles. The summed E-state index contributed by atoms with van der Waals surface area (Å²) in [5.41, 5.74) is 7.69. The zero-order valence-corrected chi connectivity index (χ0v) is 16.7. The number of benzene rings is 1. The SMILES string of the molecule is CC(C)c1ccc(CN2CCC[C@](O)(CNCc3cccnc3N)C2=O)cc1. The van der Waals surface area contributed by atoms with Gasteiger partial charge in [0.15, 0.2) is 5.60 Å². The number of piperidine rings is 1. The van der Waals surface area contributed by atoms with Crippen LogP contribution in [0.5, 0.6) is 0 Å². The fraction of sp³-hybridized carbons (Fsp3) is 0.455. The minimum Gasteiger partial charge on any atom is -0.383 e. The number of rotatable bonds is 7. The number of aliphatic hydroxyl groups is 1. The fourth-order valence-corrected chi connectivity index (χ4v) is 3.61. The van der Waals surface area contributed by atoms with Gasteiger partial charge >= 0.3 is 0 Å². The molecular weight excluding hydrogens is 352 g/mol. The summed E-state index contributed by atoms with van der Waals surface area (Å²) in [5, 5.41) is 14.1. The molecule has 6 heteroatoms. The standard InChI is InChI=1S/C22H30N4O2/c1-16(2)18-8-6-17(7-9-18)14-26-12-4-10-22(28,21(26)27)15-24-13-19-5-3-11-25-20(19)23/h3,5-9,11,16,24,28H,4,10,12-15H2,1-2H3,(H2,23,25)/t22-/m0/s1. The van der Waals surface area contributed by atoms with Crippen LogP contribution in [0.4, 0.5) is 5.82 Å². The molecular formula is C22H30N4O2. The van der Waals surface area contributed by atoms with E-state index in [1.165, 1.54) is 5.56 Å². The molecule has 1 aromatic carbocycles. The van der Waals surface area contributed by atoms with Gasteiger partial charge in [-0.1, -0.05) is 44.2 Å². The fourth-order valence-electron chi connectivity index (χ4n) is 3.61. The second-order valence-electron chi connectivity index (χ2n) is 7.91. The summed E-state index contributed by atoms with van der Waals surface area (Å²) in [5.74, 6) is 0.734. The Morgan fingerprint density at radius 3 is 2.71 bits per heavy atom. The first kappa shape index (κ1) is 20.3. The highest BCUT2D eigenvalue weighted by Crippen LogP contribution is 2.24. The molecule has 1 saturated heterocycles. The third-order valence-electron chi connectivity index (χ3n) is 5.38. The average Bonchev–Trinajstić information content (AvgIpc) is 2.68. The molecule has 0 radical (unpaired) electrons. The van der Waals surface area contributed by atoms with Crippen molar-refractivity contribution in [1.82, 2.24) is 15.2 Å². The number of aromatic nitrogens is 1. The summed E-state index contributed by atoms with van der Waals surface area (Å²) in [6.07, 6.45) is 2.88. The summed E-state index contributed by atoms with van der Waals surface area (Å²) in [7, 11) is 0. The molecule has 3 rings (SSSR count). The second kappa shape index (κ2) is 8.71. The van der Waals surface area contributed by atoms with Crippen LogP contribution >= 0.6 is 0 Å². The van der Waals surface area contributed by atoms with Crippen LogP contribution in [-0.2, 0) is 17.9 Å². The number of nitrogen functional groups attached to an aromatic ring is 1. The summed E-state index contributed by atoms with van der Waals surface area (Å²) < 4.78 is 0. The molecule has 2 heterocycles. The summed E-state index contributed by atoms with van der Waals surface area (Å²) in [4.78, 5) is 18.7. The number of hydrogen-bond donors (Lipinski definition) is 3. The number of anilines is 1. The largest absolute Gasteiger partial charge is 0.383 e. The van der Waals surface area contributed by atoms with Gasteiger partial charge in [-0.05, 0) is 36.0 Å². The van der Waals surface area contributed by atoms with E-state index in [9.17, 15) is 9.90 Å². The van der Waals surface area contributed by atoms with Gasteiger partial charge in [0.25, 0.3) is 5.91 Å². The molecule has 0 bridgehead atoms. The second-order valence-corrected chi connectivity index (χ2v) is 7.91. The molecule has 1 aliphatic rings. The van der Waals surface area contributed by atoms with Crippen LogP contribution < -0.4 is 11.1 Å². The van der Waals surface area contributed by atoms with Crippen LogP contribution in [0.1, 0.15) is 49.3 Å². The number of nitrogens with zero attached hydrogens (tertiary/aromatic N) is 2. The van der Waals surface area contributed by atoms with Gasteiger partial charge in [0, 0.05) is 37.9 Å². The lowest BCUT2D eigenvalue weighted by Gasteiger charge is -2.38. The molecule has 0 saturated carbocycles. The van der Waals surface area contributed by atoms with Crippen LogP contribution in [0.25, 0.3) is 0 Å². The number of carbonyl (C=O) groups excluding carboxylic acids is 1. The van der Waals surface area contributed by atoms with E-state index in [0.29, 0.717) is 37.8 Å². The predicted molar refractivity (Wildman–Crippen MR) is 110 cm³/mol. The van der Waals surface area contributed by atoms with Gasteiger partial charge < -0.3 is 21.1 Å². The molecule has 0 unspecified atom stereocenters. The first-order valence-corrected chi connectivity index (χ1v) is 9.90. The molecule has 1 amide bonds. The van der Waals surface area contributed by atoms with Crippen molar-refractivity contribution >= 4 is 11.7 Å². The van der Waals surface area contributed by atoms with E-state index in [1.54, 1.807) is 11.1 Å². The molecule has 0 spiro atoms. The van der Waals surface area contributed by atoms with Crippen molar-refractivity contribution in [2.45, 2.75) is 51.3 Å². The van der Waals surface area contributed by atoms with Crippen LogP contribution in [0, 0.1) is 0 Å². The third kappa shape index (κ3) is 4.69. The maximum absolute atomic E-state index is 12.9. The lowest BCUT2D eigenvalue weighted by Crippen LogP contribution is -2.57. The van der Waals surface area contributed by atoms with E-state index in [0.717, 1.165) is 17.5 Å². The Balaban J connectivity index is 1.59. The Hall–Kier alpha value is -2.44. The summed E-state index contributed by atoms with van der Waals surface area (Å²) >= 11 is 0. The van der Waals surface area contributed by atoms with Gasteiger partial charge in [-0.2, -0.15) is 0 Å². The maximum atomic E-state index is 12.9. The van der Waals surface area contributed by atoms with Gasteiger partial charge in [0.2, 0.25) is 0 Å². The molecule has 28 heavy (non-hydrogen) atoms. The van der Waals surface area contributed by atoms with Crippen molar-refractivity contribution in [3.05, 3.63) is 59.3 Å². The lowest BCUT2D eigenvalue weighted by molar-refractivity contribution is -0.157. The Bertz CT molecular complexity index is 806. The van der Waals surface area contributed by atoms with Crippen molar-refractivity contribution < 1.29 is 9.90 Å². The lowest BCUT2D eigenvalue weighted by atomic mass is 9.91. The van der Waals surface area contributed by atoms with Crippen molar-refractivity contribution in [2.75, 3.05) is 18.8 Å². The molecule has 150 valence electrons. The molecule has 1 fully saturated rings. The quantitative estimate of drug-likeness (QED) is 0.684. The van der Waals surface area contributed by atoms with E-state index < -0.39 is 5.60 Å². The van der Waals surface area contributed by atoms with Crippen molar-refractivity contribution in [3.63, 3.8) is 0 Å². The first-order chi connectivity index (χ1) is 13.4. The van der Waals surface area contributed by atoms with Gasteiger partial charge in [-0.3, -0.25) is 4.79 Å². The van der Waals surface area contributed by atoms with Crippen molar-refractivity contribution in [2.24, 2.45) is 0 Å². The molecule has 2 aromatic rings. The maximum Gasteiger partial charge on any atom is 0.256 e. The predicted octanol–water partition coefficient (Wildman–Crippen LogP) is 2.43. The Kier molecular flexibility index (Phi) is 6.31.